The van der Waals surface area contributed by atoms with Crippen molar-refractivity contribution in [3.05, 3.63) is 0 Å². The second-order valence-electron chi connectivity index (χ2n) is 13.2. The van der Waals surface area contributed by atoms with Crippen molar-refractivity contribution in [2.45, 2.75) is 83.8 Å². The largest absolute Gasteiger partial charge is 0.458 e. The fourth-order valence-corrected chi connectivity index (χ4v) is 8.85. The molecule has 180 valence electrons. The van der Waals surface area contributed by atoms with Gasteiger partial charge in [0, 0.05) is 6.04 Å². The maximum atomic E-state index is 12.4. The summed E-state index contributed by atoms with van der Waals surface area (Å²) >= 11 is 0. The second kappa shape index (κ2) is 8.58. The van der Waals surface area contributed by atoms with Gasteiger partial charge in [0.2, 0.25) is 0 Å². The number of hydrogen-bond donors (Lipinski definition) is 0. The molecule has 4 fully saturated rings. The topological polar surface area (TPSA) is 53.3 Å². The van der Waals surface area contributed by atoms with E-state index >= 15 is 0 Å². The molecule has 0 bridgehead atoms. The lowest BCUT2D eigenvalue weighted by Crippen LogP contribution is -2.56. The molecule has 0 N–H and O–H groups in total. The summed E-state index contributed by atoms with van der Waals surface area (Å²) in [6, 6.07) is 2.94. The van der Waals surface area contributed by atoms with Gasteiger partial charge < -0.3 is 9.22 Å². The van der Waals surface area contributed by atoms with Gasteiger partial charge in [-0.15, -0.1) is 0 Å². The quantitative estimate of drug-likeness (QED) is 0.357. The highest BCUT2D eigenvalue weighted by Gasteiger charge is 2.60. The fourth-order valence-electron chi connectivity index (χ4n) is 8.85. The number of quaternary nitrogens is 1. The van der Waals surface area contributed by atoms with E-state index in [4.69, 9.17) is 4.74 Å². The van der Waals surface area contributed by atoms with E-state index in [1.807, 2.05) is 21.1 Å². The molecular formula is C27H46N3O2+. The van der Waals surface area contributed by atoms with Crippen molar-refractivity contribution in [2.24, 2.45) is 34.5 Å². The van der Waals surface area contributed by atoms with E-state index < -0.39 is 0 Å². The van der Waals surface area contributed by atoms with Gasteiger partial charge in [0.15, 0.2) is 6.54 Å². The fraction of sp³-hybridized carbons (Fsp3) is 0.926. The molecule has 4 aliphatic carbocycles. The zero-order chi connectivity index (χ0) is 23.3. The van der Waals surface area contributed by atoms with Gasteiger partial charge >= 0.3 is 5.97 Å². The maximum Gasteiger partial charge on any atom is 0.362 e. The number of carbonyl (C=O) groups is 1. The van der Waals surface area contributed by atoms with Gasteiger partial charge in [0.05, 0.1) is 33.8 Å². The van der Waals surface area contributed by atoms with Crippen LogP contribution >= 0.6 is 0 Å². The van der Waals surface area contributed by atoms with Crippen molar-refractivity contribution in [1.82, 2.24) is 4.90 Å². The Morgan fingerprint density at radius 1 is 1.03 bits per heavy atom. The van der Waals surface area contributed by atoms with Gasteiger partial charge in [0.25, 0.3) is 0 Å². The summed E-state index contributed by atoms with van der Waals surface area (Å²) in [5.41, 5.74) is 0.776. The zero-order valence-corrected chi connectivity index (χ0v) is 21.4. The van der Waals surface area contributed by atoms with Crippen molar-refractivity contribution >= 4 is 5.97 Å². The van der Waals surface area contributed by atoms with E-state index in [2.05, 4.69) is 31.9 Å². The van der Waals surface area contributed by atoms with Gasteiger partial charge in [-0.1, -0.05) is 13.8 Å². The minimum atomic E-state index is -0.0355. The highest BCUT2D eigenvalue weighted by Crippen LogP contribution is 2.66. The van der Waals surface area contributed by atoms with Crippen LogP contribution in [0.15, 0.2) is 0 Å². The van der Waals surface area contributed by atoms with Crippen LogP contribution in [-0.2, 0) is 9.53 Å². The smallest absolute Gasteiger partial charge is 0.362 e. The lowest BCUT2D eigenvalue weighted by Gasteiger charge is -2.61. The minimum Gasteiger partial charge on any atom is -0.458 e. The Morgan fingerprint density at radius 3 is 2.41 bits per heavy atom. The molecule has 0 saturated heterocycles. The third kappa shape index (κ3) is 4.23. The van der Waals surface area contributed by atoms with Gasteiger partial charge in [0.1, 0.15) is 6.10 Å². The number of fused-ring (bicyclic) bond motifs is 5. The van der Waals surface area contributed by atoms with Crippen molar-refractivity contribution in [2.75, 3.05) is 41.3 Å². The summed E-state index contributed by atoms with van der Waals surface area (Å²) in [5, 5.41) is 9.24. The molecule has 0 aromatic rings. The Labute approximate surface area is 196 Å². The Bertz CT molecular complexity index is 755. The molecule has 0 amide bonds. The third-order valence-corrected chi connectivity index (χ3v) is 10.3. The standard InChI is InChI=1S/C27H46N3O2/c1-26-13-11-20(32-25(31)18-30(4,5)6)17-19(26)7-8-21-22-9-10-24(29(3)16-15-28)27(22,2)14-12-23(21)26/h19-24H,7-14,16-18H2,1-6H3/q+1. The van der Waals surface area contributed by atoms with Gasteiger partial charge in [-0.25, -0.2) is 4.79 Å². The van der Waals surface area contributed by atoms with Crippen molar-refractivity contribution in [1.29, 1.82) is 5.26 Å². The van der Waals surface area contributed by atoms with Gasteiger partial charge in [-0.3, -0.25) is 4.90 Å². The SMILES string of the molecule is CN(CC#N)C1CCC2C3CCC4CC(OC(=O)C[N+](C)(C)C)CCC4(C)C3CCC21C. The molecule has 32 heavy (non-hydrogen) atoms. The molecule has 4 saturated carbocycles. The van der Waals surface area contributed by atoms with Crippen LogP contribution in [-0.4, -0.2) is 68.8 Å². The lowest BCUT2D eigenvalue weighted by molar-refractivity contribution is -0.862. The van der Waals surface area contributed by atoms with Crippen LogP contribution in [0.25, 0.3) is 0 Å². The Balaban J connectivity index is 1.43. The summed E-state index contributed by atoms with van der Waals surface area (Å²) in [5.74, 6) is 3.13. The summed E-state index contributed by atoms with van der Waals surface area (Å²) in [6.07, 6.45) is 11.3. The van der Waals surface area contributed by atoms with Crippen LogP contribution in [0.3, 0.4) is 0 Å². The van der Waals surface area contributed by atoms with E-state index in [1.165, 1.54) is 44.9 Å². The van der Waals surface area contributed by atoms with E-state index in [0.717, 1.165) is 30.6 Å². The number of esters is 1. The molecule has 4 aliphatic rings. The predicted molar refractivity (Wildman–Crippen MR) is 127 cm³/mol. The summed E-state index contributed by atoms with van der Waals surface area (Å²) in [6.45, 7) is 6.12. The van der Waals surface area contributed by atoms with Crippen molar-refractivity contribution < 1.29 is 14.0 Å². The second-order valence-corrected chi connectivity index (χ2v) is 13.2. The normalized spacial score (nSPS) is 43.7. The molecule has 8 atom stereocenters. The monoisotopic (exact) mass is 444 g/mol. The highest BCUT2D eigenvalue weighted by molar-refractivity contribution is 5.70. The Morgan fingerprint density at radius 2 is 1.72 bits per heavy atom. The molecule has 0 spiro atoms. The van der Waals surface area contributed by atoms with Gasteiger partial charge in [-0.05, 0) is 99.3 Å². The molecular weight excluding hydrogens is 398 g/mol. The van der Waals surface area contributed by atoms with Crippen LogP contribution in [0.5, 0.6) is 0 Å². The maximum absolute atomic E-state index is 12.4. The summed E-state index contributed by atoms with van der Waals surface area (Å²) in [4.78, 5) is 14.8. The Kier molecular flexibility index (Phi) is 6.44. The van der Waals surface area contributed by atoms with Crippen LogP contribution in [0.4, 0.5) is 0 Å². The molecule has 5 heteroatoms. The van der Waals surface area contributed by atoms with Crippen LogP contribution in [0.1, 0.15) is 71.6 Å². The van der Waals surface area contributed by atoms with Crippen LogP contribution in [0.2, 0.25) is 0 Å². The van der Waals surface area contributed by atoms with Gasteiger partial charge in [-0.2, -0.15) is 5.26 Å². The first-order chi connectivity index (χ1) is 15.0. The average molecular weight is 445 g/mol. The molecule has 0 aromatic heterocycles. The van der Waals surface area contributed by atoms with E-state index in [0.29, 0.717) is 40.4 Å². The molecule has 4 rings (SSSR count). The number of nitriles is 1. The lowest BCUT2D eigenvalue weighted by atomic mass is 9.45. The number of carbonyl (C=O) groups excluding carboxylic acids is 1. The first-order valence-corrected chi connectivity index (χ1v) is 13.0. The molecule has 0 heterocycles. The molecule has 5 nitrogen and oxygen atoms in total. The van der Waals surface area contributed by atoms with Crippen molar-refractivity contribution in [3.63, 3.8) is 0 Å². The number of rotatable bonds is 5. The zero-order valence-electron chi connectivity index (χ0n) is 21.4. The summed E-state index contributed by atoms with van der Waals surface area (Å²) < 4.78 is 6.59. The van der Waals surface area contributed by atoms with Crippen molar-refractivity contribution in [3.8, 4) is 6.07 Å². The minimum absolute atomic E-state index is 0.0355. The third-order valence-electron chi connectivity index (χ3n) is 10.3. The van der Waals surface area contributed by atoms with E-state index in [1.54, 1.807) is 0 Å². The van der Waals surface area contributed by atoms with Crippen LogP contribution in [0, 0.1) is 45.8 Å². The van der Waals surface area contributed by atoms with Crippen LogP contribution < -0.4 is 0 Å². The molecule has 0 aliphatic heterocycles. The highest BCUT2D eigenvalue weighted by atomic mass is 16.5. The molecule has 8 unspecified atom stereocenters. The number of hydrogen-bond acceptors (Lipinski definition) is 4. The summed E-state index contributed by atoms with van der Waals surface area (Å²) in [7, 11) is 8.29. The Hall–Kier alpha value is -1.12. The first-order valence-electron chi connectivity index (χ1n) is 13.0. The molecule has 0 aromatic carbocycles. The van der Waals surface area contributed by atoms with E-state index in [9.17, 15) is 10.1 Å². The first kappa shape index (κ1) is 24.0. The predicted octanol–water partition coefficient (Wildman–Crippen LogP) is 4.47. The number of nitrogens with zero attached hydrogens (tertiary/aromatic N) is 3. The van der Waals surface area contributed by atoms with E-state index in [-0.39, 0.29) is 12.1 Å². The average Bonchev–Trinajstić information content (AvgIpc) is 3.04. The number of ether oxygens (including phenoxy) is 1. The molecule has 0 radical (unpaired) electrons. The number of likely N-dealkylation sites (N-methyl/N-ethyl adjacent to an activating group) is 1.